The first-order valence-corrected chi connectivity index (χ1v) is 8.00. The first-order valence-electron chi connectivity index (χ1n) is 8.00. The van der Waals surface area contributed by atoms with E-state index in [1.165, 1.54) is 11.8 Å². The van der Waals surface area contributed by atoms with Gasteiger partial charge in [0.1, 0.15) is 0 Å². The number of hydrogen-bond donors (Lipinski definition) is 1. The Kier molecular flexibility index (Phi) is 3.11. The zero-order valence-corrected chi connectivity index (χ0v) is 12.9. The summed E-state index contributed by atoms with van der Waals surface area (Å²) in [5.74, 6) is -0.296. The van der Waals surface area contributed by atoms with Crippen molar-refractivity contribution in [2.24, 2.45) is 23.7 Å². The molecule has 0 spiro atoms. The van der Waals surface area contributed by atoms with Crippen molar-refractivity contribution in [2.45, 2.75) is 19.8 Å². The molecule has 1 aliphatic heterocycles. The average molecular weight is 310 g/mol. The van der Waals surface area contributed by atoms with Crippen LogP contribution in [0.2, 0.25) is 0 Å². The largest absolute Gasteiger partial charge is 0.326 e. The fourth-order valence-corrected chi connectivity index (χ4v) is 4.23. The normalized spacial score (nSPS) is 31.4. The molecule has 5 rings (SSSR count). The minimum atomic E-state index is -0.193. The molecule has 1 saturated heterocycles. The van der Waals surface area contributed by atoms with Gasteiger partial charge in [0.25, 0.3) is 0 Å². The summed E-state index contributed by atoms with van der Waals surface area (Å²) in [5, 5.41) is 2.68. The van der Waals surface area contributed by atoms with Gasteiger partial charge in [-0.1, -0.05) is 12.2 Å². The monoisotopic (exact) mass is 310 g/mol. The van der Waals surface area contributed by atoms with Gasteiger partial charge < -0.3 is 5.32 Å². The lowest BCUT2D eigenvalue weighted by Crippen LogP contribution is -2.38. The number of carbonyl (C=O) groups excluding carboxylic acids is 3. The van der Waals surface area contributed by atoms with Crippen molar-refractivity contribution in [3.8, 4) is 0 Å². The number of anilines is 2. The number of benzene rings is 1. The molecule has 1 saturated carbocycles. The van der Waals surface area contributed by atoms with E-state index in [1.54, 1.807) is 24.3 Å². The number of carbonyl (C=O) groups is 3. The van der Waals surface area contributed by atoms with Gasteiger partial charge in [-0.3, -0.25) is 19.3 Å². The highest BCUT2D eigenvalue weighted by Gasteiger charge is 2.56. The maximum atomic E-state index is 12.8. The molecule has 2 bridgehead atoms. The first kappa shape index (κ1) is 14.2. The van der Waals surface area contributed by atoms with Gasteiger partial charge in [0.15, 0.2) is 0 Å². The van der Waals surface area contributed by atoms with Crippen molar-refractivity contribution < 1.29 is 14.4 Å². The fraction of sp³-hybridized carbons (Fsp3) is 0.389. The Morgan fingerprint density at radius 3 is 1.96 bits per heavy atom. The van der Waals surface area contributed by atoms with E-state index in [9.17, 15) is 14.4 Å². The SMILES string of the molecule is CC(=O)Nc1ccc(N2C(=O)[C@@H]3[C@H](C2=O)[C@H]2C=C[C@H]3CC2)cc1. The van der Waals surface area contributed by atoms with Crippen molar-refractivity contribution in [2.75, 3.05) is 10.2 Å². The molecule has 118 valence electrons. The van der Waals surface area contributed by atoms with Gasteiger partial charge in [0, 0.05) is 12.6 Å². The highest BCUT2D eigenvalue weighted by atomic mass is 16.2. The maximum Gasteiger partial charge on any atom is 0.238 e. The van der Waals surface area contributed by atoms with Crippen LogP contribution >= 0.6 is 0 Å². The number of rotatable bonds is 2. The summed E-state index contributed by atoms with van der Waals surface area (Å²) >= 11 is 0. The number of imide groups is 1. The molecule has 4 aliphatic rings. The van der Waals surface area contributed by atoms with Crippen molar-refractivity contribution in [1.82, 2.24) is 0 Å². The zero-order chi connectivity index (χ0) is 16.1. The molecule has 5 heteroatoms. The van der Waals surface area contributed by atoms with E-state index < -0.39 is 0 Å². The van der Waals surface area contributed by atoms with E-state index in [4.69, 9.17) is 0 Å². The minimum Gasteiger partial charge on any atom is -0.326 e. The summed E-state index contributed by atoms with van der Waals surface area (Å²) < 4.78 is 0. The summed E-state index contributed by atoms with van der Waals surface area (Å²) in [6.45, 7) is 1.44. The van der Waals surface area contributed by atoms with E-state index in [0.29, 0.717) is 11.4 Å². The second-order valence-electron chi connectivity index (χ2n) is 6.58. The number of fused-ring (bicyclic) bond motifs is 1. The quantitative estimate of drug-likeness (QED) is 0.673. The summed E-state index contributed by atoms with van der Waals surface area (Å²) in [7, 11) is 0. The molecule has 0 aromatic heterocycles. The van der Waals surface area contributed by atoms with Crippen LogP contribution in [0.25, 0.3) is 0 Å². The lowest BCUT2D eigenvalue weighted by atomic mass is 9.63. The third kappa shape index (κ3) is 2.11. The van der Waals surface area contributed by atoms with E-state index >= 15 is 0 Å². The molecule has 0 radical (unpaired) electrons. The lowest BCUT2D eigenvalue weighted by Gasteiger charge is -2.38. The second kappa shape index (κ2) is 5.05. The van der Waals surface area contributed by atoms with Crippen LogP contribution in [0.5, 0.6) is 0 Å². The van der Waals surface area contributed by atoms with Gasteiger partial charge in [-0.15, -0.1) is 0 Å². The molecule has 4 atom stereocenters. The van der Waals surface area contributed by atoms with Crippen LogP contribution in [0.1, 0.15) is 19.8 Å². The molecular formula is C18H18N2O3. The van der Waals surface area contributed by atoms with Crippen LogP contribution in [0.3, 0.4) is 0 Å². The van der Waals surface area contributed by atoms with Gasteiger partial charge >= 0.3 is 0 Å². The average Bonchev–Trinajstić information content (AvgIpc) is 2.83. The summed E-state index contributed by atoms with van der Waals surface area (Å²) in [6, 6.07) is 6.86. The molecule has 5 nitrogen and oxygen atoms in total. The Bertz CT molecular complexity index is 690. The Morgan fingerprint density at radius 2 is 1.52 bits per heavy atom. The highest BCUT2D eigenvalue weighted by Crippen LogP contribution is 2.50. The maximum absolute atomic E-state index is 12.8. The molecule has 1 heterocycles. The molecule has 1 aromatic rings. The van der Waals surface area contributed by atoms with Crippen LogP contribution < -0.4 is 10.2 Å². The van der Waals surface area contributed by atoms with Crippen LogP contribution in [-0.2, 0) is 14.4 Å². The number of hydrogen-bond acceptors (Lipinski definition) is 3. The molecule has 1 aromatic carbocycles. The van der Waals surface area contributed by atoms with Gasteiger partial charge in [-0.2, -0.15) is 0 Å². The molecule has 23 heavy (non-hydrogen) atoms. The molecule has 1 N–H and O–H groups in total. The van der Waals surface area contributed by atoms with Crippen LogP contribution in [0.15, 0.2) is 36.4 Å². The smallest absolute Gasteiger partial charge is 0.238 e. The Labute approximate surface area is 134 Å². The third-order valence-electron chi connectivity index (χ3n) is 5.21. The molecule has 3 amide bonds. The number of nitrogens with one attached hydrogen (secondary N) is 1. The number of nitrogens with zero attached hydrogens (tertiary/aromatic N) is 1. The number of amides is 3. The minimum absolute atomic E-state index is 0.0775. The van der Waals surface area contributed by atoms with Crippen molar-refractivity contribution in [1.29, 1.82) is 0 Å². The Balaban J connectivity index is 1.64. The van der Waals surface area contributed by atoms with Gasteiger partial charge in [0.05, 0.1) is 17.5 Å². The van der Waals surface area contributed by atoms with Crippen molar-refractivity contribution in [3.63, 3.8) is 0 Å². The Morgan fingerprint density at radius 1 is 1.00 bits per heavy atom. The summed E-state index contributed by atoms with van der Waals surface area (Å²) in [4.78, 5) is 38.0. The first-order chi connectivity index (χ1) is 11.1. The summed E-state index contributed by atoms with van der Waals surface area (Å²) in [6.07, 6.45) is 6.22. The van der Waals surface area contributed by atoms with Gasteiger partial charge in [-0.25, -0.2) is 0 Å². The predicted molar refractivity (Wildman–Crippen MR) is 85.6 cm³/mol. The molecule has 2 fully saturated rings. The lowest BCUT2D eigenvalue weighted by molar-refractivity contribution is -0.124. The number of allylic oxidation sites excluding steroid dienone is 2. The summed E-state index contributed by atoms with van der Waals surface area (Å²) in [5.41, 5.74) is 1.24. The predicted octanol–water partition coefficient (Wildman–Crippen LogP) is 2.35. The second-order valence-corrected chi connectivity index (χ2v) is 6.58. The van der Waals surface area contributed by atoms with E-state index in [0.717, 1.165) is 12.8 Å². The molecule has 3 aliphatic carbocycles. The van der Waals surface area contributed by atoms with Crippen LogP contribution in [0, 0.1) is 23.7 Å². The van der Waals surface area contributed by atoms with Gasteiger partial charge in [0.2, 0.25) is 17.7 Å². The molecule has 0 unspecified atom stereocenters. The Hall–Kier alpha value is -2.43. The fourth-order valence-electron chi connectivity index (χ4n) is 4.23. The van der Waals surface area contributed by atoms with Crippen LogP contribution in [-0.4, -0.2) is 17.7 Å². The van der Waals surface area contributed by atoms with Gasteiger partial charge in [-0.05, 0) is 48.9 Å². The molecular weight excluding hydrogens is 292 g/mol. The third-order valence-corrected chi connectivity index (χ3v) is 5.21. The van der Waals surface area contributed by atoms with E-state index in [1.807, 2.05) is 0 Å². The van der Waals surface area contributed by atoms with Crippen molar-refractivity contribution in [3.05, 3.63) is 36.4 Å². The van der Waals surface area contributed by atoms with E-state index in [2.05, 4.69) is 17.5 Å². The topological polar surface area (TPSA) is 66.5 Å². The van der Waals surface area contributed by atoms with Crippen molar-refractivity contribution >= 4 is 29.1 Å². The van der Waals surface area contributed by atoms with E-state index in [-0.39, 0.29) is 41.4 Å². The van der Waals surface area contributed by atoms with Crippen LogP contribution in [0.4, 0.5) is 11.4 Å². The standard InChI is InChI=1S/C18H18N2O3/c1-10(21)19-13-6-8-14(9-7-13)20-17(22)15-11-2-3-12(5-4-11)16(15)18(20)23/h2-3,6-9,11-12,15-16H,4-5H2,1H3,(H,19,21)/t11-,12-,15-,16+/m0/s1. The highest BCUT2D eigenvalue weighted by molar-refractivity contribution is 6.22. The zero-order valence-electron chi connectivity index (χ0n) is 12.9.